The third-order valence-corrected chi connectivity index (χ3v) is 4.34. The van der Waals surface area contributed by atoms with Crippen LogP contribution in [0.3, 0.4) is 0 Å². The lowest BCUT2D eigenvalue weighted by molar-refractivity contribution is 0.215. The van der Waals surface area contributed by atoms with E-state index in [1.54, 1.807) is 17.6 Å². The Labute approximate surface area is 147 Å². The summed E-state index contributed by atoms with van der Waals surface area (Å²) >= 11 is 1.63. The summed E-state index contributed by atoms with van der Waals surface area (Å²) < 4.78 is 11.7. The van der Waals surface area contributed by atoms with Gasteiger partial charge in [-0.15, -0.1) is 11.3 Å². The van der Waals surface area contributed by atoms with Crippen LogP contribution in [0.2, 0.25) is 0 Å². The number of hydrogen-bond donors (Lipinski definition) is 0. The highest BCUT2D eigenvalue weighted by Crippen LogP contribution is 2.29. The first-order chi connectivity index (χ1) is 11.6. The Morgan fingerprint density at radius 3 is 2.54 bits per heavy atom. The fourth-order valence-electron chi connectivity index (χ4n) is 2.25. The summed E-state index contributed by atoms with van der Waals surface area (Å²) in [6.07, 6.45) is 5.65. The van der Waals surface area contributed by atoms with Crippen LogP contribution in [-0.2, 0) is 11.4 Å². The van der Waals surface area contributed by atoms with Crippen molar-refractivity contribution in [3.63, 3.8) is 0 Å². The van der Waals surface area contributed by atoms with Gasteiger partial charge in [0.1, 0.15) is 31.8 Å². The molecule has 2 rings (SSSR count). The van der Waals surface area contributed by atoms with E-state index in [0.717, 1.165) is 32.4 Å². The topological polar surface area (TPSA) is 40.0 Å². The molecule has 0 aliphatic carbocycles. The largest absolute Gasteiger partial charge is 0.490 e. The van der Waals surface area contributed by atoms with Crippen LogP contribution < -0.4 is 9.47 Å². The molecule has 1 aromatic carbocycles. The van der Waals surface area contributed by atoms with Crippen molar-refractivity contribution in [2.24, 2.45) is 5.16 Å². The molecular formula is C19H23NO3S. The molecule has 1 aromatic heterocycles. The van der Waals surface area contributed by atoms with E-state index in [9.17, 15) is 0 Å². The average molecular weight is 345 g/mol. The molecule has 0 unspecified atom stereocenters. The number of hydrogen-bond acceptors (Lipinski definition) is 5. The molecule has 4 nitrogen and oxygen atoms in total. The highest BCUT2D eigenvalue weighted by atomic mass is 32.1. The van der Waals surface area contributed by atoms with Crippen LogP contribution in [-0.4, -0.2) is 19.9 Å². The zero-order valence-electron chi connectivity index (χ0n) is 14.5. The van der Waals surface area contributed by atoms with Crippen molar-refractivity contribution in [1.82, 2.24) is 0 Å². The molecular weight excluding hydrogens is 322 g/mol. The van der Waals surface area contributed by atoms with Crippen molar-refractivity contribution in [1.29, 1.82) is 0 Å². The van der Waals surface area contributed by atoms with E-state index in [1.807, 2.05) is 57.2 Å². The van der Waals surface area contributed by atoms with Crippen LogP contribution in [0.4, 0.5) is 0 Å². The Morgan fingerprint density at radius 2 is 1.88 bits per heavy atom. The molecule has 0 atom stereocenters. The number of nitrogens with zero attached hydrogens (tertiary/aromatic N) is 1. The maximum atomic E-state index is 6.02. The van der Waals surface area contributed by atoms with Crippen LogP contribution in [0.25, 0.3) is 0 Å². The van der Waals surface area contributed by atoms with Gasteiger partial charge in [-0.2, -0.15) is 0 Å². The van der Waals surface area contributed by atoms with Gasteiger partial charge in [0.05, 0.1) is 6.21 Å². The number of oxime groups is 1. The maximum absolute atomic E-state index is 6.02. The van der Waals surface area contributed by atoms with Crippen molar-refractivity contribution >= 4 is 17.6 Å². The molecule has 0 fully saturated rings. The van der Waals surface area contributed by atoms with Gasteiger partial charge in [-0.25, -0.2) is 0 Å². The Kier molecular flexibility index (Phi) is 6.88. The molecule has 0 N–H and O–H groups in total. The highest BCUT2D eigenvalue weighted by molar-refractivity contribution is 7.13. The minimum Gasteiger partial charge on any atom is -0.490 e. The van der Waals surface area contributed by atoms with Gasteiger partial charge in [0.15, 0.2) is 0 Å². The molecule has 5 heteroatoms. The number of rotatable bonds is 8. The van der Waals surface area contributed by atoms with Gasteiger partial charge >= 0.3 is 0 Å². The lowest BCUT2D eigenvalue weighted by Gasteiger charge is -2.14. The summed E-state index contributed by atoms with van der Waals surface area (Å²) in [6.45, 7) is 7.17. The molecule has 0 spiro atoms. The minimum absolute atomic E-state index is 0.534. The van der Waals surface area contributed by atoms with E-state index in [1.165, 1.54) is 7.11 Å². The molecule has 1 heterocycles. The van der Waals surface area contributed by atoms with E-state index >= 15 is 0 Å². The van der Waals surface area contributed by atoms with Crippen LogP contribution in [0, 0.1) is 13.8 Å². The number of aryl methyl sites for hydroxylation is 2. The lowest BCUT2D eigenvalue weighted by Crippen LogP contribution is -1.99. The third-order valence-electron chi connectivity index (χ3n) is 3.34. The fraction of sp³-hybridized carbons (Fsp3) is 0.316. The number of allylic oxidation sites excluding steroid dienone is 1. The molecule has 0 aliphatic rings. The van der Waals surface area contributed by atoms with E-state index in [0.29, 0.717) is 13.2 Å². The molecule has 0 bridgehead atoms. The quantitative estimate of drug-likeness (QED) is 0.389. The van der Waals surface area contributed by atoms with Gasteiger partial charge in [-0.3, -0.25) is 0 Å². The van der Waals surface area contributed by atoms with Crippen LogP contribution >= 0.6 is 11.3 Å². The van der Waals surface area contributed by atoms with Gasteiger partial charge in [0.2, 0.25) is 0 Å². The Hall–Kier alpha value is -2.27. The molecule has 0 saturated heterocycles. The molecule has 2 aromatic rings. The summed E-state index contributed by atoms with van der Waals surface area (Å²) in [5.74, 6) is 1.78. The molecule has 0 radical (unpaired) electrons. The lowest BCUT2D eigenvalue weighted by atomic mass is 10.1. The maximum Gasteiger partial charge on any atom is 0.125 e. The smallest absolute Gasteiger partial charge is 0.125 e. The number of ether oxygens (including phenoxy) is 2. The second kappa shape index (κ2) is 9.13. The van der Waals surface area contributed by atoms with E-state index < -0.39 is 0 Å². The van der Waals surface area contributed by atoms with Crippen LogP contribution in [0.5, 0.6) is 11.5 Å². The predicted molar refractivity (Wildman–Crippen MR) is 99.5 cm³/mol. The van der Waals surface area contributed by atoms with Crippen LogP contribution in [0.15, 0.2) is 41.6 Å². The summed E-state index contributed by atoms with van der Waals surface area (Å²) in [5, 5.41) is 3.77. The van der Waals surface area contributed by atoms with Gasteiger partial charge in [-0.1, -0.05) is 17.3 Å². The SMILES string of the molecule is C/C=C/COc1cc(C)c(OCc2ccc(/C=N/OC)s2)c(C)c1. The highest BCUT2D eigenvalue weighted by Gasteiger charge is 2.08. The second-order valence-corrected chi connectivity index (χ2v) is 6.48. The zero-order valence-corrected chi connectivity index (χ0v) is 15.4. The summed E-state index contributed by atoms with van der Waals surface area (Å²) in [7, 11) is 1.53. The molecule has 0 amide bonds. The molecule has 0 saturated carbocycles. The monoisotopic (exact) mass is 345 g/mol. The number of benzene rings is 1. The zero-order chi connectivity index (χ0) is 17.4. The Morgan fingerprint density at radius 1 is 1.12 bits per heavy atom. The molecule has 24 heavy (non-hydrogen) atoms. The predicted octanol–water partition coefficient (Wildman–Crippen LogP) is 4.88. The summed E-state index contributed by atoms with van der Waals surface area (Å²) in [5.41, 5.74) is 2.14. The van der Waals surface area contributed by atoms with E-state index in [-0.39, 0.29) is 0 Å². The Balaban J connectivity index is 2.01. The second-order valence-electron chi connectivity index (χ2n) is 5.28. The fourth-order valence-corrected chi connectivity index (χ4v) is 3.04. The number of thiophene rings is 1. The van der Waals surface area contributed by atoms with Crippen molar-refractivity contribution in [2.45, 2.75) is 27.4 Å². The molecule has 0 aliphatic heterocycles. The van der Waals surface area contributed by atoms with Gasteiger partial charge in [0, 0.05) is 9.75 Å². The summed E-state index contributed by atoms with van der Waals surface area (Å²) in [4.78, 5) is 6.87. The standard InChI is InChI=1S/C19H23NO3S/c1-5-6-9-22-16-10-14(2)19(15(3)11-16)23-13-18-8-7-17(24-18)12-20-21-4/h5-8,10-12H,9,13H2,1-4H3/b6-5+,20-12+. The minimum atomic E-state index is 0.534. The van der Waals surface area contributed by atoms with Gasteiger partial charge < -0.3 is 14.3 Å². The van der Waals surface area contributed by atoms with Crippen molar-refractivity contribution < 1.29 is 14.3 Å². The summed E-state index contributed by atoms with van der Waals surface area (Å²) in [6, 6.07) is 8.07. The third kappa shape index (κ3) is 5.13. The van der Waals surface area contributed by atoms with Crippen molar-refractivity contribution in [3.8, 4) is 11.5 Å². The van der Waals surface area contributed by atoms with Crippen molar-refractivity contribution in [2.75, 3.05) is 13.7 Å². The first-order valence-electron chi connectivity index (χ1n) is 7.77. The van der Waals surface area contributed by atoms with E-state index in [4.69, 9.17) is 14.3 Å². The first kappa shape index (κ1) is 18.1. The average Bonchev–Trinajstić information content (AvgIpc) is 3.00. The normalized spacial score (nSPS) is 11.3. The van der Waals surface area contributed by atoms with E-state index in [2.05, 4.69) is 5.16 Å². The first-order valence-corrected chi connectivity index (χ1v) is 8.59. The van der Waals surface area contributed by atoms with Crippen LogP contribution in [0.1, 0.15) is 27.8 Å². The Bertz CT molecular complexity index is 696. The molecule has 128 valence electrons. The van der Waals surface area contributed by atoms with Crippen molar-refractivity contribution in [3.05, 3.63) is 57.3 Å². The van der Waals surface area contributed by atoms with Gasteiger partial charge in [-0.05, 0) is 56.2 Å². The van der Waals surface area contributed by atoms with Gasteiger partial charge in [0.25, 0.3) is 0 Å².